The summed E-state index contributed by atoms with van der Waals surface area (Å²) < 4.78 is 2.31. The normalized spacial score (nSPS) is 16.9. The average molecular weight is 525 g/mol. The second-order valence-electron chi connectivity index (χ2n) is 9.71. The molecule has 0 aliphatic carbocycles. The van der Waals surface area contributed by atoms with Crippen molar-refractivity contribution in [2.24, 2.45) is 0 Å². The number of benzene rings is 1. The highest BCUT2D eigenvalue weighted by Gasteiger charge is 2.41. The molecule has 0 unspecified atom stereocenters. The van der Waals surface area contributed by atoms with Gasteiger partial charge in [-0.25, -0.2) is 0 Å². The smallest absolute Gasteiger partial charge is 0.226 e. The highest BCUT2D eigenvalue weighted by Crippen LogP contribution is 2.41. The molecule has 1 aliphatic heterocycles. The van der Waals surface area contributed by atoms with Crippen LogP contribution < -0.4 is 10.6 Å². The van der Waals surface area contributed by atoms with Gasteiger partial charge in [-0.15, -0.1) is 0 Å². The number of amides is 1. The van der Waals surface area contributed by atoms with E-state index in [-0.39, 0.29) is 18.0 Å². The maximum atomic E-state index is 12.9. The van der Waals surface area contributed by atoms with E-state index in [1.165, 1.54) is 5.56 Å². The fraction of sp³-hybridized carbons (Fsp3) is 0.267. The van der Waals surface area contributed by atoms with Gasteiger partial charge >= 0.3 is 0 Å². The van der Waals surface area contributed by atoms with E-state index < -0.39 is 0 Å². The predicted octanol–water partition coefficient (Wildman–Crippen LogP) is 5.25. The molecule has 2 atom stereocenters. The lowest BCUT2D eigenvalue weighted by atomic mass is 9.96. The number of para-hydroxylation sites is 1. The lowest BCUT2D eigenvalue weighted by Gasteiger charge is -2.28. The zero-order valence-corrected chi connectivity index (χ0v) is 22.7. The van der Waals surface area contributed by atoms with Crippen LogP contribution in [-0.4, -0.2) is 37.0 Å². The first-order chi connectivity index (χ1) is 18.4. The van der Waals surface area contributed by atoms with Crippen LogP contribution in [0.15, 0.2) is 79.3 Å². The van der Waals surface area contributed by atoms with Gasteiger partial charge in [-0.3, -0.25) is 14.8 Å². The minimum atomic E-state index is -0.129. The number of hydrogen-bond acceptors (Lipinski definition) is 4. The average Bonchev–Trinajstić information content (AvgIpc) is 3.40. The van der Waals surface area contributed by atoms with Gasteiger partial charge in [-0.1, -0.05) is 30.3 Å². The van der Waals surface area contributed by atoms with Crippen molar-refractivity contribution in [2.45, 2.75) is 45.8 Å². The van der Waals surface area contributed by atoms with Crippen molar-refractivity contribution < 1.29 is 4.79 Å². The fourth-order valence-corrected chi connectivity index (χ4v) is 5.51. The maximum absolute atomic E-state index is 12.9. The monoisotopic (exact) mass is 524 g/mol. The Morgan fingerprint density at radius 1 is 1.05 bits per heavy atom. The molecule has 7 nitrogen and oxygen atoms in total. The zero-order chi connectivity index (χ0) is 26.6. The molecule has 0 saturated carbocycles. The Morgan fingerprint density at radius 2 is 1.87 bits per heavy atom. The molecule has 0 radical (unpaired) electrons. The molecule has 194 valence electrons. The summed E-state index contributed by atoms with van der Waals surface area (Å²) >= 11 is 5.83. The molecule has 2 N–H and O–H groups in total. The highest BCUT2D eigenvalue weighted by atomic mass is 32.1. The van der Waals surface area contributed by atoms with Gasteiger partial charge in [0.15, 0.2) is 5.11 Å². The number of carbonyl (C=O) groups excluding carboxylic acids is 1. The second-order valence-corrected chi connectivity index (χ2v) is 10.1. The van der Waals surface area contributed by atoms with Crippen LogP contribution in [0.1, 0.15) is 52.3 Å². The van der Waals surface area contributed by atoms with E-state index in [4.69, 9.17) is 12.2 Å². The van der Waals surface area contributed by atoms with Gasteiger partial charge < -0.3 is 20.1 Å². The predicted molar refractivity (Wildman–Crippen MR) is 154 cm³/mol. The molecule has 38 heavy (non-hydrogen) atoms. The Hall–Kier alpha value is -4.04. The third-order valence-electron chi connectivity index (χ3n) is 7.19. The number of nitrogens with zero attached hydrogens (tertiary/aromatic N) is 4. The van der Waals surface area contributed by atoms with E-state index in [1.54, 1.807) is 12.4 Å². The Bertz CT molecular complexity index is 1440. The lowest BCUT2D eigenvalue weighted by molar-refractivity contribution is -0.116. The summed E-state index contributed by atoms with van der Waals surface area (Å²) in [5.74, 6) is -0.0378. The minimum Gasteiger partial charge on any atom is -0.352 e. The highest BCUT2D eigenvalue weighted by molar-refractivity contribution is 7.80. The molecule has 1 fully saturated rings. The molecule has 5 rings (SSSR count). The van der Waals surface area contributed by atoms with E-state index in [9.17, 15) is 4.79 Å². The van der Waals surface area contributed by atoms with Crippen LogP contribution in [0.25, 0.3) is 0 Å². The van der Waals surface area contributed by atoms with E-state index in [1.807, 2.05) is 61.7 Å². The molecule has 4 heterocycles. The van der Waals surface area contributed by atoms with E-state index in [0.29, 0.717) is 18.1 Å². The summed E-state index contributed by atoms with van der Waals surface area (Å²) in [7, 11) is 0. The number of anilines is 1. The zero-order valence-electron chi connectivity index (χ0n) is 21.9. The van der Waals surface area contributed by atoms with E-state index >= 15 is 0 Å². The topological polar surface area (TPSA) is 75.1 Å². The van der Waals surface area contributed by atoms with E-state index in [2.05, 4.69) is 56.0 Å². The molecule has 4 aromatic rings. The number of carbonyl (C=O) groups is 1. The SMILES string of the molecule is Cc1ccccc1NC(=O)CCN1C(=S)N[C@H](c2ccccn2)[C@H]1c1cc(C)n(Cc2cccnc2)c1C. The number of rotatable bonds is 8. The largest absolute Gasteiger partial charge is 0.352 e. The van der Waals surface area contributed by atoms with Gasteiger partial charge in [-0.2, -0.15) is 0 Å². The molecule has 1 aromatic carbocycles. The molecule has 3 aromatic heterocycles. The van der Waals surface area contributed by atoms with Crippen LogP contribution in [0.4, 0.5) is 5.69 Å². The Balaban J connectivity index is 1.43. The first-order valence-electron chi connectivity index (χ1n) is 12.8. The van der Waals surface area contributed by atoms with E-state index in [0.717, 1.165) is 40.4 Å². The van der Waals surface area contributed by atoms with Gasteiger partial charge in [-0.05, 0) is 80.0 Å². The fourth-order valence-electron chi connectivity index (χ4n) is 5.18. The summed E-state index contributed by atoms with van der Waals surface area (Å²) in [4.78, 5) is 24.0. The molecule has 1 saturated heterocycles. The van der Waals surface area contributed by atoms with Crippen LogP contribution in [0.5, 0.6) is 0 Å². The van der Waals surface area contributed by atoms with Gasteiger partial charge in [0.2, 0.25) is 5.91 Å². The first-order valence-corrected chi connectivity index (χ1v) is 13.2. The summed E-state index contributed by atoms with van der Waals surface area (Å²) in [6, 6.07) is 19.8. The summed E-state index contributed by atoms with van der Waals surface area (Å²) in [5.41, 5.74) is 7.44. The molecular formula is C30H32N6OS. The van der Waals surface area contributed by atoms with Crippen LogP contribution in [0.2, 0.25) is 0 Å². The van der Waals surface area contributed by atoms with Crippen molar-refractivity contribution in [1.82, 2.24) is 24.8 Å². The maximum Gasteiger partial charge on any atom is 0.226 e. The van der Waals surface area contributed by atoms with Gasteiger partial charge in [0.25, 0.3) is 0 Å². The summed E-state index contributed by atoms with van der Waals surface area (Å²) in [6.45, 7) is 7.50. The first kappa shape index (κ1) is 25.6. The van der Waals surface area contributed by atoms with Gasteiger partial charge in [0, 0.05) is 55.2 Å². The van der Waals surface area contributed by atoms with Gasteiger partial charge in [0.1, 0.15) is 0 Å². The second kappa shape index (κ2) is 11.1. The van der Waals surface area contributed by atoms with Crippen molar-refractivity contribution >= 4 is 28.9 Å². The lowest BCUT2D eigenvalue weighted by Crippen LogP contribution is -2.33. The van der Waals surface area contributed by atoms with Gasteiger partial charge in [0.05, 0.1) is 17.8 Å². The number of hydrogen-bond donors (Lipinski definition) is 2. The Labute approximate surface area is 228 Å². The number of thiocarbonyl (C=S) groups is 1. The van der Waals surface area contributed by atoms with Crippen molar-refractivity contribution in [2.75, 3.05) is 11.9 Å². The number of pyridine rings is 2. The quantitative estimate of drug-likeness (QED) is 0.307. The third kappa shape index (κ3) is 5.31. The van der Waals surface area contributed by atoms with Crippen LogP contribution in [0.3, 0.4) is 0 Å². The molecule has 1 aliphatic rings. The standard InChI is InChI=1S/C30H32N6OS/c1-20-9-4-5-11-25(20)33-27(37)13-16-35-29(28(34-30(35)38)26-12-6-7-15-32-26)24-17-21(2)36(22(24)3)19-23-10-8-14-31-18-23/h4-12,14-15,17-18,28-29H,13,16,19H2,1-3H3,(H,33,37)(H,34,38)/t28-,29-/m1/s1. The molecule has 0 spiro atoms. The van der Waals surface area contributed by atoms with Crippen molar-refractivity contribution in [1.29, 1.82) is 0 Å². The van der Waals surface area contributed by atoms with Crippen LogP contribution in [0, 0.1) is 20.8 Å². The molecule has 1 amide bonds. The van der Waals surface area contributed by atoms with Crippen molar-refractivity contribution in [3.05, 3.63) is 113 Å². The van der Waals surface area contributed by atoms with Crippen LogP contribution in [-0.2, 0) is 11.3 Å². The molecule has 0 bridgehead atoms. The van der Waals surface area contributed by atoms with Crippen LogP contribution >= 0.6 is 12.2 Å². The number of aromatic nitrogens is 3. The molecular weight excluding hydrogens is 492 g/mol. The Morgan fingerprint density at radius 3 is 2.61 bits per heavy atom. The number of nitrogens with one attached hydrogen (secondary N) is 2. The third-order valence-corrected chi connectivity index (χ3v) is 7.54. The van der Waals surface area contributed by atoms with Crippen molar-refractivity contribution in [3.8, 4) is 0 Å². The summed E-state index contributed by atoms with van der Waals surface area (Å²) in [6.07, 6.45) is 5.82. The summed E-state index contributed by atoms with van der Waals surface area (Å²) in [5, 5.41) is 7.18. The number of aryl methyl sites for hydroxylation is 2. The Kier molecular flexibility index (Phi) is 7.51. The minimum absolute atomic E-state index is 0.0378. The van der Waals surface area contributed by atoms with Crippen molar-refractivity contribution in [3.63, 3.8) is 0 Å². The molecule has 8 heteroatoms.